The average Bonchev–Trinajstić information content (AvgIpc) is 2.66. The number of benzene rings is 1. The molecule has 0 saturated carbocycles. The molecule has 2 atom stereocenters. The number of ether oxygens (including phenoxy) is 1. The van der Waals surface area contributed by atoms with Gasteiger partial charge in [-0.1, -0.05) is 26.0 Å². The maximum Gasteiger partial charge on any atom is 0.171 e. The lowest BCUT2D eigenvalue weighted by Gasteiger charge is -2.35. The predicted octanol–water partition coefficient (Wildman–Crippen LogP) is 4.06. The van der Waals surface area contributed by atoms with E-state index < -0.39 is 0 Å². The molecule has 2 aromatic rings. The molecule has 1 fully saturated rings. The molecule has 0 radical (unpaired) electrons. The fraction of sp³-hybridized carbons (Fsp3) is 0.429. The molecule has 3 rings (SSSR count). The van der Waals surface area contributed by atoms with E-state index in [0.29, 0.717) is 23.5 Å². The summed E-state index contributed by atoms with van der Waals surface area (Å²) in [5, 5.41) is 7.00. The Balaban J connectivity index is 1.50. The highest BCUT2D eigenvalue weighted by Crippen LogP contribution is 2.25. The van der Waals surface area contributed by atoms with E-state index in [9.17, 15) is 0 Å². The zero-order valence-electron chi connectivity index (χ0n) is 16.2. The number of hydrogen-bond acceptors (Lipinski definition) is 4. The normalized spacial score (nSPS) is 19.4. The molecule has 5 nitrogen and oxygen atoms in total. The van der Waals surface area contributed by atoms with Gasteiger partial charge in [0.25, 0.3) is 0 Å². The van der Waals surface area contributed by atoms with Crippen LogP contribution in [0.3, 0.4) is 0 Å². The van der Waals surface area contributed by atoms with Gasteiger partial charge in [0.1, 0.15) is 11.6 Å². The summed E-state index contributed by atoms with van der Waals surface area (Å²) in [6.07, 6.45) is 3.14. The predicted molar refractivity (Wildman–Crippen MR) is 115 cm³/mol. The molecule has 2 N–H and O–H groups in total. The Labute approximate surface area is 167 Å². The van der Waals surface area contributed by atoms with Crippen LogP contribution in [0.15, 0.2) is 42.6 Å². The zero-order valence-corrected chi connectivity index (χ0v) is 17.1. The Kier molecular flexibility index (Phi) is 6.50. The number of hydrogen-bond donors (Lipinski definition) is 2. The number of pyridine rings is 1. The van der Waals surface area contributed by atoms with Gasteiger partial charge < -0.3 is 20.3 Å². The smallest absolute Gasteiger partial charge is 0.171 e. The average molecular weight is 385 g/mol. The molecule has 27 heavy (non-hydrogen) atoms. The van der Waals surface area contributed by atoms with Crippen molar-refractivity contribution in [3.8, 4) is 5.75 Å². The van der Waals surface area contributed by atoms with Crippen LogP contribution in [0.2, 0.25) is 0 Å². The maximum absolute atomic E-state index is 5.39. The summed E-state index contributed by atoms with van der Waals surface area (Å²) in [5.41, 5.74) is 2.03. The van der Waals surface area contributed by atoms with Crippen LogP contribution >= 0.6 is 12.2 Å². The Morgan fingerprint density at radius 3 is 2.44 bits per heavy atom. The van der Waals surface area contributed by atoms with Crippen LogP contribution in [0.5, 0.6) is 5.75 Å². The minimum Gasteiger partial charge on any atom is -0.497 e. The van der Waals surface area contributed by atoms with Crippen molar-refractivity contribution in [2.45, 2.75) is 26.8 Å². The van der Waals surface area contributed by atoms with Crippen molar-refractivity contribution in [3.05, 3.63) is 48.2 Å². The molecule has 144 valence electrons. The van der Waals surface area contributed by atoms with E-state index in [4.69, 9.17) is 17.0 Å². The number of thiocarbonyl (C=S) groups is 1. The summed E-state index contributed by atoms with van der Waals surface area (Å²) < 4.78 is 5.17. The molecule has 0 bridgehead atoms. The van der Waals surface area contributed by atoms with E-state index in [1.807, 2.05) is 36.5 Å². The highest BCUT2D eigenvalue weighted by molar-refractivity contribution is 7.80. The Hall–Kier alpha value is -2.34. The Bertz CT molecular complexity index is 738. The quantitative estimate of drug-likeness (QED) is 0.758. The van der Waals surface area contributed by atoms with Crippen LogP contribution in [-0.2, 0) is 6.54 Å². The SMILES string of the molecule is COc1ccc(CNC(=S)Nc2ccc(N3C[C@H](C)C[C@@H](C)C3)nc2)cc1. The summed E-state index contributed by atoms with van der Waals surface area (Å²) in [7, 11) is 1.66. The van der Waals surface area contributed by atoms with Gasteiger partial charge in [-0.15, -0.1) is 0 Å². The van der Waals surface area contributed by atoms with Crippen LogP contribution in [0.25, 0.3) is 0 Å². The fourth-order valence-electron chi connectivity index (χ4n) is 3.60. The molecular formula is C21H28N4OS. The molecule has 2 heterocycles. The molecule has 0 unspecified atom stereocenters. The third-order valence-corrected chi connectivity index (χ3v) is 5.06. The van der Waals surface area contributed by atoms with Crippen molar-refractivity contribution in [2.75, 3.05) is 30.4 Å². The van der Waals surface area contributed by atoms with Crippen molar-refractivity contribution < 1.29 is 4.74 Å². The van der Waals surface area contributed by atoms with Crippen molar-refractivity contribution in [1.29, 1.82) is 0 Å². The summed E-state index contributed by atoms with van der Waals surface area (Å²) in [6.45, 7) is 7.43. The Morgan fingerprint density at radius 1 is 1.15 bits per heavy atom. The van der Waals surface area contributed by atoms with E-state index in [-0.39, 0.29) is 0 Å². The third kappa shape index (κ3) is 5.57. The summed E-state index contributed by atoms with van der Waals surface area (Å²) in [6, 6.07) is 12.0. The van der Waals surface area contributed by atoms with Crippen molar-refractivity contribution in [1.82, 2.24) is 10.3 Å². The first-order valence-corrected chi connectivity index (χ1v) is 9.83. The first-order valence-electron chi connectivity index (χ1n) is 9.42. The summed E-state index contributed by atoms with van der Waals surface area (Å²) in [5.74, 6) is 3.31. The zero-order chi connectivity index (χ0) is 19.2. The fourth-order valence-corrected chi connectivity index (χ4v) is 3.79. The van der Waals surface area contributed by atoms with E-state index in [1.165, 1.54) is 6.42 Å². The molecule has 1 aliphatic rings. The highest BCUT2D eigenvalue weighted by atomic mass is 32.1. The molecular weight excluding hydrogens is 356 g/mol. The Morgan fingerprint density at radius 2 is 1.85 bits per heavy atom. The maximum atomic E-state index is 5.39. The van der Waals surface area contributed by atoms with Crippen LogP contribution in [0.1, 0.15) is 25.8 Å². The largest absolute Gasteiger partial charge is 0.497 e. The van der Waals surface area contributed by atoms with Crippen LogP contribution < -0.4 is 20.3 Å². The van der Waals surface area contributed by atoms with Crippen molar-refractivity contribution >= 4 is 28.8 Å². The van der Waals surface area contributed by atoms with E-state index in [0.717, 1.165) is 35.9 Å². The highest BCUT2D eigenvalue weighted by Gasteiger charge is 2.22. The van der Waals surface area contributed by atoms with Gasteiger partial charge in [0.05, 0.1) is 19.0 Å². The van der Waals surface area contributed by atoms with Gasteiger partial charge in [-0.3, -0.25) is 0 Å². The molecule has 0 aliphatic carbocycles. The molecule has 0 amide bonds. The number of nitrogens with one attached hydrogen (secondary N) is 2. The summed E-state index contributed by atoms with van der Waals surface area (Å²) >= 11 is 5.39. The second-order valence-electron chi connectivity index (χ2n) is 7.41. The molecule has 1 aromatic carbocycles. The number of rotatable bonds is 5. The summed E-state index contributed by atoms with van der Waals surface area (Å²) in [4.78, 5) is 7.00. The molecule has 0 spiro atoms. The van der Waals surface area contributed by atoms with Crippen molar-refractivity contribution in [3.63, 3.8) is 0 Å². The number of nitrogens with zero attached hydrogens (tertiary/aromatic N) is 2. The lowest BCUT2D eigenvalue weighted by Crippen LogP contribution is -2.39. The van der Waals surface area contributed by atoms with Gasteiger partial charge in [-0.25, -0.2) is 4.98 Å². The molecule has 1 saturated heterocycles. The monoisotopic (exact) mass is 384 g/mol. The standard InChI is InChI=1S/C21H28N4OS/c1-15-10-16(2)14-25(13-15)20-9-6-18(12-22-20)24-21(27)23-11-17-4-7-19(26-3)8-5-17/h4-9,12,15-16H,10-11,13-14H2,1-3H3,(H2,23,24,27)/t15-,16-/m1/s1. The number of anilines is 2. The van der Waals surface area contributed by atoms with Gasteiger partial charge in [0.2, 0.25) is 0 Å². The van der Waals surface area contributed by atoms with Crippen LogP contribution in [0.4, 0.5) is 11.5 Å². The van der Waals surface area contributed by atoms with Gasteiger partial charge in [-0.05, 0) is 60.3 Å². The van der Waals surface area contributed by atoms with E-state index >= 15 is 0 Å². The van der Waals surface area contributed by atoms with Crippen LogP contribution in [0, 0.1) is 11.8 Å². The molecule has 6 heteroatoms. The van der Waals surface area contributed by atoms with Gasteiger partial charge in [0, 0.05) is 19.6 Å². The second-order valence-corrected chi connectivity index (χ2v) is 7.82. The molecule has 1 aromatic heterocycles. The first-order chi connectivity index (χ1) is 13.0. The van der Waals surface area contributed by atoms with Crippen molar-refractivity contribution in [2.24, 2.45) is 11.8 Å². The minimum absolute atomic E-state index is 0.584. The third-order valence-electron chi connectivity index (χ3n) is 4.81. The van der Waals surface area contributed by atoms with Gasteiger partial charge in [-0.2, -0.15) is 0 Å². The number of methoxy groups -OCH3 is 1. The van der Waals surface area contributed by atoms with E-state index in [1.54, 1.807) is 7.11 Å². The van der Waals surface area contributed by atoms with E-state index in [2.05, 4.69) is 40.4 Å². The number of piperidine rings is 1. The lowest BCUT2D eigenvalue weighted by atomic mass is 9.92. The second kappa shape index (κ2) is 9.04. The van der Waals surface area contributed by atoms with Crippen LogP contribution in [-0.4, -0.2) is 30.3 Å². The molecule has 1 aliphatic heterocycles. The van der Waals surface area contributed by atoms with Gasteiger partial charge >= 0.3 is 0 Å². The topological polar surface area (TPSA) is 49.4 Å². The van der Waals surface area contributed by atoms with Gasteiger partial charge in [0.15, 0.2) is 5.11 Å². The first kappa shape index (κ1) is 19.4. The minimum atomic E-state index is 0.584. The lowest BCUT2D eigenvalue weighted by molar-refractivity contribution is 0.355. The number of aromatic nitrogens is 1.